The van der Waals surface area contributed by atoms with E-state index in [4.69, 9.17) is 16.3 Å². The summed E-state index contributed by atoms with van der Waals surface area (Å²) < 4.78 is 5.87. The van der Waals surface area contributed by atoms with Crippen LogP contribution in [0.5, 0.6) is 11.5 Å². The third kappa shape index (κ3) is 2.31. The Balaban J connectivity index is 2.17. The molecule has 4 nitrogen and oxygen atoms in total. The number of imidazole rings is 1. The standard InChI is InChI=1S/C14H10ClIN2O2/c1-20-12-5-7(4-9(16)13(12)19)14-17-10-3-2-8(15)6-11(10)18-14/h2-6,19H,1H3,(H,17,18). The molecule has 1 heterocycles. The van der Waals surface area contributed by atoms with Gasteiger partial charge in [0.2, 0.25) is 0 Å². The number of hydrogen-bond donors (Lipinski definition) is 2. The number of halogens is 2. The number of aromatic nitrogens is 2. The normalized spacial score (nSPS) is 10.9. The summed E-state index contributed by atoms with van der Waals surface area (Å²) in [6.45, 7) is 0. The van der Waals surface area contributed by atoms with Crippen LogP contribution in [0.4, 0.5) is 0 Å². The molecule has 0 saturated carbocycles. The number of fused-ring (bicyclic) bond motifs is 1. The van der Waals surface area contributed by atoms with Crippen molar-refractivity contribution in [2.75, 3.05) is 7.11 Å². The quantitative estimate of drug-likeness (QED) is 0.634. The molecule has 2 N–H and O–H groups in total. The first kappa shape index (κ1) is 13.5. The third-order valence-corrected chi connectivity index (χ3v) is 4.02. The minimum Gasteiger partial charge on any atom is -0.504 e. The summed E-state index contributed by atoms with van der Waals surface area (Å²) in [7, 11) is 1.52. The average Bonchev–Trinajstić information content (AvgIpc) is 2.84. The topological polar surface area (TPSA) is 58.1 Å². The van der Waals surface area contributed by atoms with Gasteiger partial charge in [-0.2, -0.15) is 0 Å². The fourth-order valence-corrected chi connectivity index (χ4v) is 2.76. The van der Waals surface area contributed by atoms with Crippen LogP contribution in [-0.2, 0) is 0 Å². The zero-order valence-corrected chi connectivity index (χ0v) is 13.4. The highest BCUT2D eigenvalue weighted by atomic mass is 127. The second kappa shape index (κ2) is 5.14. The predicted octanol–water partition coefficient (Wildman–Crippen LogP) is 4.20. The van der Waals surface area contributed by atoms with Crippen molar-refractivity contribution >= 4 is 45.2 Å². The lowest BCUT2D eigenvalue weighted by molar-refractivity contribution is 0.372. The maximum Gasteiger partial charge on any atom is 0.171 e. The first-order valence-corrected chi connectivity index (χ1v) is 7.26. The predicted molar refractivity (Wildman–Crippen MR) is 87.5 cm³/mol. The van der Waals surface area contributed by atoms with Gasteiger partial charge in [-0.25, -0.2) is 4.98 Å². The Hall–Kier alpha value is -1.47. The van der Waals surface area contributed by atoms with Crippen molar-refractivity contribution in [2.45, 2.75) is 0 Å². The number of H-pyrrole nitrogens is 1. The molecule has 1 aromatic heterocycles. The van der Waals surface area contributed by atoms with E-state index in [1.165, 1.54) is 7.11 Å². The second-order valence-corrected chi connectivity index (χ2v) is 5.85. The van der Waals surface area contributed by atoms with E-state index in [0.29, 0.717) is 20.2 Å². The monoisotopic (exact) mass is 400 g/mol. The number of phenols is 1. The van der Waals surface area contributed by atoms with Gasteiger partial charge in [-0.3, -0.25) is 0 Å². The number of rotatable bonds is 2. The Morgan fingerprint density at radius 1 is 1.30 bits per heavy atom. The van der Waals surface area contributed by atoms with Crippen LogP contribution in [-0.4, -0.2) is 22.2 Å². The number of ether oxygens (including phenoxy) is 1. The smallest absolute Gasteiger partial charge is 0.171 e. The van der Waals surface area contributed by atoms with Gasteiger partial charge in [-0.1, -0.05) is 11.6 Å². The maximum absolute atomic E-state index is 9.86. The molecule has 0 radical (unpaired) electrons. The van der Waals surface area contributed by atoms with Gasteiger partial charge in [-0.05, 0) is 52.9 Å². The van der Waals surface area contributed by atoms with Gasteiger partial charge in [0.25, 0.3) is 0 Å². The van der Waals surface area contributed by atoms with Crippen LogP contribution in [0, 0.1) is 3.57 Å². The summed E-state index contributed by atoms with van der Waals surface area (Å²) in [6.07, 6.45) is 0. The lowest BCUT2D eigenvalue weighted by atomic mass is 10.2. The average molecular weight is 401 g/mol. The van der Waals surface area contributed by atoms with Crippen molar-refractivity contribution in [3.63, 3.8) is 0 Å². The number of aromatic hydroxyl groups is 1. The Morgan fingerprint density at radius 2 is 2.10 bits per heavy atom. The summed E-state index contributed by atoms with van der Waals surface area (Å²) in [5, 5.41) is 10.5. The molecular formula is C14H10ClIN2O2. The summed E-state index contributed by atoms with van der Waals surface area (Å²) in [6, 6.07) is 9.08. The molecule has 0 unspecified atom stereocenters. The first-order chi connectivity index (χ1) is 9.58. The minimum absolute atomic E-state index is 0.135. The van der Waals surface area contributed by atoms with Crippen LogP contribution in [0.15, 0.2) is 30.3 Å². The summed E-state index contributed by atoms with van der Waals surface area (Å²) in [5.74, 6) is 1.26. The van der Waals surface area contributed by atoms with E-state index in [-0.39, 0.29) is 5.75 Å². The van der Waals surface area contributed by atoms with E-state index in [2.05, 4.69) is 32.6 Å². The molecule has 102 valence electrons. The number of aromatic amines is 1. The van der Waals surface area contributed by atoms with Crippen LogP contribution in [0.25, 0.3) is 22.4 Å². The van der Waals surface area contributed by atoms with Gasteiger partial charge in [0.15, 0.2) is 11.5 Å². The maximum atomic E-state index is 9.86. The number of nitrogens with zero attached hydrogens (tertiary/aromatic N) is 1. The summed E-state index contributed by atoms with van der Waals surface area (Å²) in [5.41, 5.74) is 2.55. The SMILES string of the molecule is COc1cc(-c2nc3ccc(Cl)cc3[nH]2)cc(I)c1O. The molecule has 0 atom stereocenters. The van der Waals surface area contributed by atoms with Gasteiger partial charge in [0.05, 0.1) is 21.7 Å². The molecule has 0 saturated heterocycles. The number of hydrogen-bond acceptors (Lipinski definition) is 3. The lowest BCUT2D eigenvalue weighted by Crippen LogP contribution is -1.89. The van der Waals surface area contributed by atoms with E-state index >= 15 is 0 Å². The Bertz CT molecular complexity index is 801. The second-order valence-electron chi connectivity index (χ2n) is 4.26. The number of methoxy groups -OCH3 is 1. The van der Waals surface area contributed by atoms with Crippen molar-refractivity contribution in [3.05, 3.63) is 38.9 Å². The van der Waals surface area contributed by atoms with Crippen LogP contribution < -0.4 is 4.74 Å². The van der Waals surface area contributed by atoms with E-state index in [1.807, 2.05) is 18.2 Å². The van der Waals surface area contributed by atoms with E-state index in [9.17, 15) is 5.11 Å². The fraction of sp³-hybridized carbons (Fsp3) is 0.0714. The number of benzene rings is 2. The first-order valence-electron chi connectivity index (χ1n) is 5.80. The Morgan fingerprint density at radius 3 is 2.85 bits per heavy atom. The molecular weight excluding hydrogens is 391 g/mol. The van der Waals surface area contributed by atoms with E-state index in [0.717, 1.165) is 16.6 Å². The summed E-state index contributed by atoms with van der Waals surface area (Å²) in [4.78, 5) is 7.73. The van der Waals surface area contributed by atoms with Gasteiger partial charge in [-0.15, -0.1) is 0 Å². The largest absolute Gasteiger partial charge is 0.504 e. The molecule has 0 fully saturated rings. The highest BCUT2D eigenvalue weighted by Gasteiger charge is 2.12. The molecule has 0 aliphatic carbocycles. The molecule has 0 aliphatic heterocycles. The highest BCUT2D eigenvalue weighted by molar-refractivity contribution is 14.1. The van der Waals surface area contributed by atoms with Crippen molar-refractivity contribution in [1.29, 1.82) is 0 Å². The van der Waals surface area contributed by atoms with E-state index in [1.54, 1.807) is 12.1 Å². The molecule has 0 bridgehead atoms. The van der Waals surface area contributed by atoms with Gasteiger partial charge >= 0.3 is 0 Å². The van der Waals surface area contributed by atoms with Crippen molar-refractivity contribution in [2.24, 2.45) is 0 Å². The molecule has 0 spiro atoms. The van der Waals surface area contributed by atoms with Crippen molar-refractivity contribution < 1.29 is 9.84 Å². The van der Waals surface area contributed by atoms with Gasteiger partial charge in [0, 0.05) is 10.6 Å². The molecule has 6 heteroatoms. The van der Waals surface area contributed by atoms with Crippen molar-refractivity contribution in [3.8, 4) is 22.9 Å². The molecule has 0 aliphatic rings. The van der Waals surface area contributed by atoms with Crippen LogP contribution >= 0.6 is 34.2 Å². The summed E-state index contributed by atoms with van der Waals surface area (Å²) >= 11 is 8.02. The van der Waals surface area contributed by atoms with Crippen LogP contribution in [0.1, 0.15) is 0 Å². The molecule has 0 amide bonds. The van der Waals surface area contributed by atoms with Crippen LogP contribution in [0.2, 0.25) is 5.02 Å². The zero-order chi connectivity index (χ0) is 14.3. The number of nitrogens with one attached hydrogen (secondary N) is 1. The van der Waals surface area contributed by atoms with Crippen molar-refractivity contribution in [1.82, 2.24) is 9.97 Å². The van der Waals surface area contributed by atoms with E-state index < -0.39 is 0 Å². The number of phenolic OH excluding ortho intramolecular Hbond substituents is 1. The Kier molecular flexibility index (Phi) is 3.47. The van der Waals surface area contributed by atoms with Crippen LogP contribution in [0.3, 0.4) is 0 Å². The fourth-order valence-electron chi connectivity index (χ4n) is 1.98. The molecule has 20 heavy (non-hydrogen) atoms. The third-order valence-electron chi connectivity index (χ3n) is 2.97. The lowest BCUT2D eigenvalue weighted by Gasteiger charge is -2.07. The molecule has 3 rings (SSSR count). The molecule has 2 aromatic carbocycles. The van der Waals surface area contributed by atoms with Gasteiger partial charge < -0.3 is 14.8 Å². The molecule has 3 aromatic rings. The minimum atomic E-state index is 0.135. The Labute approximate surface area is 133 Å². The zero-order valence-electron chi connectivity index (χ0n) is 10.4. The highest BCUT2D eigenvalue weighted by Crippen LogP contribution is 2.35. The van der Waals surface area contributed by atoms with Gasteiger partial charge in [0.1, 0.15) is 5.82 Å².